The van der Waals surface area contributed by atoms with Gasteiger partial charge in [-0.3, -0.25) is 4.98 Å². The van der Waals surface area contributed by atoms with Crippen LogP contribution >= 0.6 is 0 Å². The molecular weight excluding hydrogens is 358 g/mol. The maximum absolute atomic E-state index is 12.6. The molecule has 1 aromatic carbocycles. The fourth-order valence-corrected chi connectivity index (χ4v) is 5.03. The summed E-state index contributed by atoms with van der Waals surface area (Å²) in [7, 11) is -3.48. The van der Waals surface area contributed by atoms with Crippen molar-refractivity contribution in [3.05, 3.63) is 66.1 Å². The van der Waals surface area contributed by atoms with Crippen molar-refractivity contribution in [3.63, 3.8) is 0 Å². The van der Waals surface area contributed by atoms with E-state index < -0.39 is 10.0 Å². The van der Waals surface area contributed by atoms with Crippen LogP contribution in [0.25, 0.3) is 16.5 Å². The van der Waals surface area contributed by atoms with Crippen molar-refractivity contribution in [3.8, 4) is 0 Å². The van der Waals surface area contributed by atoms with Crippen molar-refractivity contribution < 1.29 is 8.42 Å². The third-order valence-electron chi connectivity index (χ3n) is 5.13. The molecule has 1 unspecified atom stereocenters. The van der Waals surface area contributed by atoms with E-state index in [1.165, 1.54) is 5.57 Å². The summed E-state index contributed by atoms with van der Waals surface area (Å²) in [6, 6.07) is 10.5. The van der Waals surface area contributed by atoms with E-state index in [-0.39, 0.29) is 6.04 Å². The number of fused-ring (bicyclic) bond motifs is 1. The fourth-order valence-electron chi connectivity index (χ4n) is 3.70. The van der Waals surface area contributed by atoms with Crippen molar-refractivity contribution in [2.24, 2.45) is 0 Å². The number of rotatable bonds is 4. The average Bonchev–Trinajstić information content (AvgIpc) is 3.06. The summed E-state index contributed by atoms with van der Waals surface area (Å²) in [6.07, 6.45) is 9.24. The molecule has 0 saturated carbocycles. The van der Waals surface area contributed by atoms with Crippen molar-refractivity contribution in [1.29, 1.82) is 0 Å². The highest BCUT2D eigenvalue weighted by Gasteiger charge is 2.22. The Hall–Kier alpha value is -2.44. The van der Waals surface area contributed by atoms with Crippen molar-refractivity contribution in [2.75, 3.05) is 0 Å². The second-order valence-corrected chi connectivity index (χ2v) is 8.75. The smallest absolute Gasteiger partial charge is 0.240 e. The van der Waals surface area contributed by atoms with Crippen LogP contribution in [-0.4, -0.2) is 24.4 Å². The Morgan fingerprint density at radius 1 is 1.15 bits per heavy atom. The first-order valence-electron chi connectivity index (χ1n) is 9.24. The SMILES string of the molecule is Cc1cnc(C2=CCCC(NS(=O)(=O)c3ccccc3)CC2)c2cc[nH]c12. The van der Waals surface area contributed by atoms with Crippen LogP contribution in [0.1, 0.15) is 36.9 Å². The van der Waals surface area contributed by atoms with Crippen LogP contribution in [0.4, 0.5) is 0 Å². The number of nitrogens with one attached hydrogen (secondary N) is 2. The zero-order chi connectivity index (χ0) is 18.9. The van der Waals surface area contributed by atoms with Gasteiger partial charge in [0.15, 0.2) is 0 Å². The number of aromatic amines is 1. The summed E-state index contributed by atoms with van der Waals surface area (Å²) in [5.41, 5.74) is 4.44. The van der Waals surface area contributed by atoms with E-state index in [1.807, 2.05) is 25.4 Å². The summed E-state index contributed by atoms with van der Waals surface area (Å²) in [5, 5.41) is 1.13. The zero-order valence-electron chi connectivity index (χ0n) is 15.3. The molecule has 3 aromatic rings. The predicted octanol–water partition coefficient (Wildman–Crippen LogP) is 4.18. The summed E-state index contributed by atoms with van der Waals surface area (Å²) < 4.78 is 28.1. The molecule has 2 heterocycles. The Balaban J connectivity index is 1.51. The van der Waals surface area contributed by atoms with Crippen LogP contribution in [0, 0.1) is 6.92 Å². The van der Waals surface area contributed by atoms with Gasteiger partial charge >= 0.3 is 0 Å². The Morgan fingerprint density at radius 2 is 1.96 bits per heavy atom. The van der Waals surface area contributed by atoms with Crippen LogP contribution in [0.3, 0.4) is 0 Å². The number of sulfonamides is 1. The fraction of sp³-hybridized carbons (Fsp3) is 0.286. The summed E-state index contributed by atoms with van der Waals surface area (Å²) >= 11 is 0. The Morgan fingerprint density at radius 3 is 2.78 bits per heavy atom. The van der Waals surface area contributed by atoms with Gasteiger partial charge in [0.25, 0.3) is 0 Å². The molecule has 0 spiro atoms. The molecule has 6 heteroatoms. The lowest BCUT2D eigenvalue weighted by atomic mass is 10.0. The summed E-state index contributed by atoms with van der Waals surface area (Å²) in [4.78, 5) is 8.26. The third kappa shape index (κ3) is 3.68. The minimum atomic E-state index is -3.48. The quantitative estimate of drug-likeness (QED) is 0.712. The second kappa shape index (κ2) is 7.29. The number of aromatic nitrogens is 2. The molecule has 140 valence electrons. The number of aryl methyl sites for hydroxylation is 1. The molecule has 0 saturated heterocycles. The largest absolute Gasteiger partial charge is 0.361 e. The van der Waals surface area contributed by atoms with Crippen LogP contribution in [0.5, 0.6) is 0 Å². The standard InChI is InChI=1S/C21H23N3O2S/c1-15-14-23-21(19-12-13-22-20(15)19)16-6-5-7-17(11-10-16)24-27(25,26)18-8-3-2-4-9-18/h2-4,6,8-9,12-14,17,22,24H,5,7,10-11H2,1H3. The van der Waals surface area contributed by atoms with Crippen molar-refractivity contribution >= 4 is 26.5 Å². The summed E-state index contributed by atoms with van der Waals surface area (Å²) in [6.45, 7) is 2.05. The normalized spacial score (nSPS) is 18.3. The van der Waals surface area contributed by atoms with Gasteiger partial charge in [0, 0.05) is 23.8 Å². The molecule has 2 N–H and O–H groups in total. The van der Waals surface area contributed by atoms with Gasteiger partial charge in [0.1, 0.15) is 0 Å². The Kier molecular flexibility index (Phi) is 4.85. The molecular formula is C21H23N3O2S. The average molecular weight is 382 g/mol. The molecule has 27 heavy (non-hydrogen) atoms. The molecule has 2 aromatic heterocycles. The molecule has 1 aliphatic rings. The number of H-pyrrole nitrogens is 1. The van der Waals surface area contributed by atoms with Gasteiger partial charge in [-0.2, -0.15) is 0 Å². The van der Waals surface area contributed by atoms with Crippen LogP contribution in [0.2, 0.25) is 0 Å². The van der Waals surface area contributed by atoms with Gasteiger partial charge in [-0.1, -0.05) is 24.3 Å². The molecule has 4 rings (SSSR count). The molecule has 1 atom stereocenters. The molecule has 0 aliphatic heterocycles. The molecule has 0 amide bonds. The highest BCUT2D eigenvalue weighted by atomic mass is 32.2. The van der Waals surface area contributed by atoms with Gasteiger partial charge < -0.3 is 4.98 Å². The van der Waals surface area contributed by atoms with Crippen LogP contribution in [-0.2, 0) is 10.0 Å². The van der Waals surface area contributed by atoms with Crippen LogP contribution < -0.4 is 4.72 Å². The highest BCUT2D eigenvalue weighted by Crippen LogP contribution is 2.31. The number of pyridine rings is 1. The molecule has 0 bridgehead atoms. The van der Waals surface area contributed by atoms with Gasteiger partial charge in [0.05, 0.1) is 16.1 Å². The van der Waals surface area contributed by atoms with Crippen molar-refractivity contribution in [1.82, 2.24) is 14.7 Å². The molecule has 0 radical (unpaired) electrons. The minimum absolute atomic E-state index is 0.0730. The number of hydrogen-bond donors (Lipinski definition) is 2. The number of allylic oxidation sites excluding steroid dienone is 2. The van der Waals surface area contributed by atoms with Gasteiger partial charge in [-0.25, -0.2) is 13.1 Å². The maximum Gasteiger partial charge on any atom is 0.240 e. The molecule has 0 fully saturated rings. The predicted molar refractivity (Wildman–Crippen MR) is 108 cm³/mol. The lowest BCUT2D eigenvalue weighted by Crippen LogP contribution is -2.34. The topological polar surface area (TPSA) is 74.8 Å². The van der Waals surface area contributed by atoms with E-state index in [4.69, 9.17) is 0 Å². The lowest BCUT2D eigenvalue weighted by molar-refractivity contribution is 0.515. The van der Waals surface area contributed by atoms with E-state index >= 15 is 0 Å². The molecule has 1 aliphatic carbocycles. The van der Waals surface area contributed by atoms with Gasteiger partial charge in [0.2, 0.25) is 10.0 Å². The van der Waals surface area contributed by atoms with E-state index in [2.05, 4.69) is 26.8 Å². The van der Waals surface area contributed by atoms with E-state index in [9.17, 15) is 8.42 Å². The van der Waals surface area contributed by atoms with E-state index in [0.29, 0.717) is 4.90 Å². The van der Waals surface area contributed by atoms with Gasteiger partial charge in [-0.05, 0) is 61.9 Å². The molecule has 5 nitrogen and oxygen atoms in total. The van der Waals surface area contributed by atoms with Crippen LogP contribution in [0.15, 0.2) is 59.8 Å². The first kappa shape index (κ1) is 17.9. The minimum Gasteiger partial charge on any atom is -0.361 e. The lowest BCUT2D eigenvalue weighted by Gasteiger charge is -2.17. The number of hydrogen-bond acceptors (Lipinski definition) is 3. The number of nitrogens with zero attached hydrogens (tertiary/aromatic N) is 1. The highest BCUT2D eigenvalue weighted by molar-refractivity contribution is 7.89. The van der Waals surface area contributed by atoms with E-state index in [1.54, 1.807) is 24.3 Å². The van der Waals surface area contributed by atoms with E-state index in [0.717, 1.165) is 47.8 Å². The third-order valence-corrected chi connectivity index (χ3v) is 6.67. The first-order chi connectivity index (χ1) is 13.0. The zero-order valence-corrected chi connectivity index (χ0v) is 16.1. The first-order valence-corrected chi connectivity index (χ1v) is 10.7. The number of benzene rings is 1. The Bertz CT molecular complexity index is 1090. The Labute approximate surface area is 159 Å². The monoisotopic (exact) mass is 381 g/mol. The van der Waals surface area contributed by atoms with Gasteiger partial charge in [-0.15, -0.1) is 0 Å². The second-order valence-electron chi connectivity index (χ2n) is 7.03. The maximum atomic E-state index is 12.6. The van der Waals surface area contributed by atoms with Crippen molar-refractivity contribution in [2.45, 2.75) is 43.5 Å². The summed E-state index contributed by atoms with van der Waals surface area (Å²) in [5.74, 6) is 0.